The minimum Gasteiger partial charge on any atom is -0.497 e. The molecular weight excluding hydrogens is 593 g/mol. The molecule has 3 aromatic rings. The van der Waals surface area contributed by atoms with E-state index in [0.717, 1.165) is 22.4 Å². The van der Waals surface area contributed by atoms with Crippen molar-refractivity contribution < 1.29 is 28.2 Å². The van der Waals surface area contributed by atoms with E-state index in [0.29, 0.717) is 19.8 Å². The quantitative estimate of drug-likeness (QED) is 0.0639. The van der Waals surface area contributed by atoms with Crippen LogP contribution in [0.3, 0.4) is 0 Å². The van der Waals surface area contributed by atoms with Gasteiger partial charge in [0, 0.05) is 6.42 Å². The highest BCUT2D eigenvalue weighted by Gasteiger charge is 2.40. The fourth-order valence-electron chi connectivity index (χ4n) is 4.30. The summed E-state index contributed by atoms with van der Waals surface area (Å²) in [5.41, 5.74) is 3.05. The molecule has 0 spiro atoms. The first-order valence-electron chi connectivity index (χ1n) is 15.8. The van der Waals surface area contributed by atoms with Crippen molar-refractivity contribution in [2.45, 2.75) is 96.5 Å². The second-order valence-corrected chi connectivity index (χ2v) is 17.6. The molecule has 7 heteroatoms. The summed E-state index contributed by atoms with van der Waals surface area (Å²) >= 11 is 0. The molecule has 0 aliphatic carbocycles. The summed E-state index contributed by atoms with van der Waals surface area (Å²) in [6.45, 7) is 17.9. The van der Waals surface area contributed by atoms with Gasteiger partial charge in [0.05, 0.1) is 39.1 Å². The number of benzene rings is 3. The van der Waals surface area contributed by atoms with Gasteiger partial charge in [-0.05, 0) is 59.8 Å². The largest absolute Gasteiger partial charge is 0.497 e. The van der Waals surface area contributed by atoms with E-state index < -0.39 is 26.6 Å². The molecule has 0 saturated carbocycles. The topological polar surface area (TPSA) is 63.2 Å². The first-order chi connectivity index (χ1) is 21.9. The summed E-state index contributed by atoms with van der Waals surface area (Å²) in [7, 11) is -0.633. The first kappa shape index (κ1) is 36.9. The molecule has 0 aliphatic rings. The van der Waals surface area contributed by atoms with Gasteiger partial charge in [-0.1, -0.05) is 106 Å². The number of ketones is 1. The van der Waals surface area contributed by atoms with Crippen LogP contribution >= 0.6 is 0 Å². The normalized spacial score (nSPS) is 14.3. The lowest BCUT2D eigenvalue weighted by Crippen LogP contribution is -2.46. The fourth-order valence-corrected chi connectivity index (χ4v) is 5.48. The molecule has 4 atom stereocenters. The molecule has 0 aliphatic heterocycles. The molecule has 3 aromatic carbocycles. The number of carbonyl (C=O) groups excluding carboxylic acids is 1. The van der Waals surface area contributed by atoms with Crippen molar-refractivity contribution in [3.05, 3.63) is 114 Å². The van der Waals surface area contributed by atoms with Crippen LogP contribution in [0.5, 0.6) is 5.75 Å². The third kappa shape index (κ3) is 12.0. The fraction of sp³-hybridized carbons (Fsp3) is 0.410. The highest BCUT2D eigenvalue weighted by atomic mass is 28.4. The smallest absolute Gasteiger partial charge is 0.208 e. The number of methoxy groups -OCH3 is 1. The Morgan fingerprint density at radius 3 is 1.87 bits per heavy atom. The molecule has 6 nitrogen and oxygen atoms in total. The molecule has 0 heterocycles. The number of rotatable bonds is 17. The van der Waals surface area contributed by atoms with Crippen LogP contribution < -0.4 is 4.74 Å². The van der Waals surface area contributed by atoms with Crippen LogP contribution in [0.2, 0.25) is 18.1 Å². The second-order valence-electron chi connectivity index (χ2n) is 12.9. The van der Waals surface area contributed by atoms with Gasteiger partial charge in [0.2, 0.25) is 5.78 Å². The maximum absolute atomic E-state index is 13.4. The van der Waals surface area contributed by atoms with E-state index in [1.807, 2.05) is 91.9 Å². The maximum Gasteiger partial charge on any atom is 0.208 e. The summed E-state index contributed by atoms with van der Waals surface area (Å²) in [6.07, 6.45) is -0.276. The van der Waals surface area contributed by atoms with Crippen LogP contribution in [-0.2, 0) is 43.3 Å². The minimum absolute atomic E-state index is 0.0604. The first-order valence-corrected chi connectivity index (χ1v) is 18.7. The van der Waals surface area contributed by atoms with E-state index in [4.69, 9.17) is 23.4 Å². The van der Waals surface area contributed by atoms with Crippen LogP contribution in [0.4, 0.5) is 0 Å². The van der Waals surface area contributed by atoms with Gasteiger partial charge in [-0.3, -0.25) is 4.79 Å². The lowest BCUT2D eigenvalue weighted by molar-refractivity contribution is -0.123. The lowest BCUT2D eigenvalue weighted by atomic mass is 10.1. The van der Waals surface area contributed by atoms with Crippen LogP contribution in [0.1, 0.15) is 50.8 Å². The van der Waals surface area contributed by atoms with Gasteiger partial charge in [-0.25, -0.2) is 0 Å². The highest BCUT2D eigenvalue weighted by molar-refractivity contribution is 6.74. The van der Waals surface area contributed by atoms with Gasteiger partial charge in [0.1, 0.15) is 18.0 Å². The zero-order chi connectivity index (χ0) is 33.6. The molecule has 0 amide bonds. The molecule has 46 heavy (non-hydrogen) atoms. The van der Waals surface area contributed by atoms with E-state index in [9.17, 15) is 4.79 Å². The molecule has 0 fully saturated rings. The standard InChI is InChI=1S/C39H50O6Si/c1-9-36(43-28-31-16-12-10-13-17-31)37(45-46(7,8)39(3,4)5)25-22-34(40)26-38(44-29-32-18-14-11-15-19-32)30(2)42-27-33-20-23-35(41-6)24-21-33/h9-21,23-24,30,36-38H,1,26-29H2,2-8H3/t30-,36-,37-,38+/m0/s1. The number of Topliss-reactive ketones (excluding diaryl/α,β-unsaturated/α-hetero) is 1. The number of hydrogen-bond donors (Lipinski definition) is 0. The Hall–Kier alpha value is -3.51. The molecule has 0 aromatic heterocycles. The Labute approximate surface area is 277 Å². The Bertz CT molecular complexity index is 1400. The van der Waals surface area contributed by atoms with Crippen molar-refractivity contribution in [2.75, 3.05) is 7.11 Å². The zero-order valence-corrected chi connectivity index (χ0v) is 29.5. The highest BCUT2D eigenvalue weighted by Crippen LogP contribution is 2.38. The molecule has 0 radical (unpaired) electrons. The Kier molecular flexibility index (Phi) is 14.4. The van der Waals surface area contributed by atoms with Crippen molar-refractivity contribution in [1.29, 1.82) is 0 Å². The minimum atomic E-state index is -2.27. The number of ether oxygens (including phenoxy) is 4. The van der Waals surface area contributed by atoms with E-state index in [1.165, 1.54) is 0 Å². The SMILES string of the molecule is C=C[C@H](OCc1ccccc1)[C@H](C#CC(=O)C[C@@H](OCc1ccccc1)[C@H](C)OCc1ccc(OC)cc1)O[Si](C)(C)C(C)(C)C. The average molecular weight is 643 g/mol. The Balaban J connectivity index is 1.77. The maximum atomic E-state index is 13.4. The Morgan fingerprint density at radius 1 is 0.826 bits per heavy atom. The summed E-state index contributed by atoms with van der Waals surface area (Å²) in [4.78, 5) is 13.4. The molecule has 0 bridgehead atoms. The number of carbonyl (C=O) groups is 1. The van der Waals surface area contributed by atoms with Crippen LogP contribution in [0, 0.1) is 11.8 Å². The van der Waals surface area contributed by atoms with Crippen molar-refractivity contribution in [3.63, 3.8) is 0 Å². The van der Waals surface area contributed by atoms with Gasteiger partial charge < -0.3 is 23.4 Å². The van der Waals surface area contributed by atoms with Gasteiger partial charge in [0.25, 0.3) is 0 Å². The molecule has 3 rings (SSSR count). The van der Waals surface area contributed by atoms with Gasteiger partial charge in [0.15, 0.2) is 8.32 Å². The van der Waals surface area contributed by atoms with E-state index in [-0.39, 0.29) is 23.3 Å². The predicted molar refractivity (Wildman–Crippen MR) is 187 cm³/mol. The Morgan fingerprint density at radius 2 is 1.35 bits per heavy atom. The van der Waals surface area contributed by atoms with Crippen LogP contribution in [0.15, 0.2) is 97.6 Å². The van der Waals surface area contributed by atoms with Crippen molar-refractivity contribution in [1.82, 2.24) is 0 Å². The van der Waals surface area contributed by atoms with E-state index >= 15 is 0 Å². The zero-order valence-electron chi connectivity index (χ0n) is 28.5. The van der Waals surface area contributed by atoms with E-state index in [2.05, 4.69) is 52.3 Å². The average Bonchev–Trinajstić information content (AvgIpc) is 3.05. The molecular formula is C39H50O6Si. The van der Waals surface area contributed by atoms with Crippen molar-refractivity contribution in [2.24, 2.45) is 0 Å². The third-order valence-electron chi connectivity index (χ3n) is 8.29. The molecule has 0 saturated heterocycles. The van der Waals surface area contributed by atoms with E-state index in [1.54, 1.807) is 13.2 Å². The predicted octanol–water partition coefficient (Wildman–Crippen LogP) is 8.31. The van der Waals surface area contributed by atoms with Crippen LogP contribution in [0.25, 0.3) is 0 Å². The number of hydrogen-bond acceptors (Lipinski definition) is 6. The lowest BCUT2D eigenvalue weighted by Gasteiger charge is -2.39. The second kappa shape index (κ2) is 18.0. The third-order valence-corrected chi connectivity index (χ3v) is 12.7. The molecule has 0 N–H and O–H groups in total. The van der Waals surface area contributed by atoms with Gasteiger partial charge in [-0.15, -0.1) is 6.58 Å². The van der Waals surface area contributed by atoms with Gasteiger partial charge in [-0.2, -0.15) is 0 Å². The van der Waals surface area contributed by atoms with Gasteiger partial charge >= 0.3 is 0 Å². The van der Waals surface area contributed by atoms with Crippen molar-refractivity contribution in [3.8, 4) is 17.6 Å². The summed E-state index contributed by atoms with van der Waals surface area (Å²) in [6, 6.07) is 27.5. The summed E-state index contributed by atoms with van der Waals surface area (Å²) in [5.74, 6) is 6.53. The van der Waals surface area contributed by atoms with Crippen molar-refractivity contribution >= 4 is 14.1 Å². The van der Waals surface area contributed by atoms with Crippen LogP contribution in [-0.4, -0.2) is 45.6 Å². The molecule has 0 unspecified atom stereocenters. The molecule has 246 valence electrons. The summed E-state index contributed by atoms with van der Waals surface area (Å²) in [5, 5.41) is -0.0604. The monoisotopic (exact) mass is 642 g/mol. The summed E-state index contributed by atoms with van der Waals surface area (Å²) < 4.78 is 30.7.